The molecule has 4 rings (SSSR count). The van der Waals surface area contributed by atoms with Crippen molar-refractivity contribution < 1.29 is 9.59 Å². The Kier molecular flexibility index (Phi) is 6.78. The molecule has 0 spiro atoms. The van der Waals surface area contributed by atoms with Crippen LogP contribution in [0.3, 0.4) is 0 Å². The van der Waals surface area contributed by atoms with Crippen LogP contribution in [0.5, 0.6) is 0 Å². The third-order valence-corrected chi connectivity index (χ3v) is 6.05. The predicted octanol–water partition coefficient (Wildman–Crippen LogP) is 4.24. The fourth-order valence-corrected chi connectivity index (χ4v) is 4.05. The lowest BCUT2D eigenvalue weighted by atomic mass is 10.1. The minimum absolute atomic E-state index is 0.0106. The van der Waals surface area contributed by atoms with Crippen LogP contribution in [-0.2, 0) is 17.8 Å². The first kappa shape index (κ1) is 21.9. The van der Waals surface area contributed by atoms with Crippen LogP contribution < -0.4 is 5.32 Å². The minimum atomic E-state index is -0.143. The zero-order chi connectivity index (χ0) is 22.5. The van der Waals surface area contributed by atoms with Crippen molar-refractivity contribution in [2.75, 3.05) is 19.6 Å². The topological polar surface area (TPSA) is 68.4 Å². The summed E-state index contributed by atoms with van der Waals surface area (Å²) >= 11 is 0. The van der Waals surface area contributed by atoms with Crippen LogP contribution in [0.2, 0.25) is 0 Å². The Hall–Kier alpha value is -3.28. The van der Waals surface area contributed by atoms with Crippen LogP contribution in [-0.4, -0.2) is 52.4 Å². The molecule has 6 nitrogen and oxygen atoms in total. The van der Waals surface area contributed by atoms with Crippen molar-refractivity contribution in [3.8, 4) is 0 Å². The Labute approximate surface area is 189 Å². The number of urea groups is 1. The molecule has 0 atom stereocenters. The van der Waals surface area contributed by atoms with Gasteiger partial charge < -0.3 is 20.1 Å². The standard InChI is InChI=1S/C26H32N4O2/c1-3-27-26(32)30(22-12-13-22)18-25(31)29(17-20-10-8-19(2)9-11-20)15-14-21-16-28-24-7-5-4-6-23(21)24/h4-11,16,22,28H,3,12-15,17-18H2,1-2H3,(H,27,32). The Morgan fingerprint density at radius 1 is 1.09 bits per heavy atom. The van der Waals surface area contributed by atoms with Crippen molar-refractivity contribution >= 4 is 22.8 Å². The lowest BCUT2D eigenvalue weighted by Crippen LogP contribution is -2.48. The third kappa shape index (κ3) is 5.31. The highest BCUT2D eigenvalue weighted by molar-refractivity contribution is 5.85. The van der Waals surface area contributed by atoms with Crippen LogP contribution in [0, 0.1) is 6.92 Å². The lowest BCUT2D eigenvalue weighted by molar-refractivity contribution is -0.132. The van der Waals surface area contributed by atoms with Crippen molar-refractivity contribution in [3.63, 3.8) is 0 Å². The van der Waals surface area contributed by atoms with Crippen molar-refractivity contribution in [2.24, 2.45) is 0 Å². The number of hydrogen-bond donors (Lipinski definition) is 2. The molecule has 32 heavy (non-hydrogen) atoms. The number of carbonyl (C=O) groups excluding carboxylic acids is 2. The van der Waals surface area contributed by atoms with E-state index in [2.05, 4.69) is 53.6 Å². The van der Waals surface area contributed by atoms with E-state index >= 15 is 0 Å². The van der Waals surface area contributed by atoms with Crippen molar-refractivity contribution in [2.45, 2.75) is 45.7 Å². The maximum atomic E-state index is 13.4. The highest BCUT2D eigenvalue weighted by atomic mass is 16.2. The molecule has 1 heterocycles. The van der Waals surface area contributed by atoms with Crippen LogP contribution in [0.4, 0.5) is 4.79 Å². The van der Waals surface area contributed by atoms with Gasteiger partial charge in [-0.05, 0) is 50.3 Å². The molecule has 1 fully saturated rings. The quantitative estimate of drug-likeness (QED) is 0.531. The van der Waals surface area contributed by atoms with Crippen LogP contribution >= 0.6 is 0 Å². The number of benzene rings is 2. The number of para-hydroxylation sites is 1. The highest BCUT2D eigenvalue weighted by Gasteiger charge is 2.34. The number of aromatic amines is 1. The van der Waals surface area contributed by atoms with Crippen molar-refractivity contribution in [3.05, 3.63) is 71.4 Å². The summed E-state index contributed by atoms with van der Waals surface area (Å²) in [6, 6.07) is 16.6. The van der Waals surface area contributed by atoms with E-state index in [-0.39, 0.29) is 24.5 Å². The first-order valence-electron chi connectivity index (χ1n) is 11.5. The van der Waals surface area contributed by atoms with Gasteiger partial charge in [0.05, 0.1) is 0 Å². The number of aryl methyl sites for hydroxylation is 1. The number of carbonyl (C=O) groups is 2. The normalized spacial score (nSPS) is 13.2. The molecular weight excluding hydrogens is 400 g/mol. The molecule has 1 aliphatic rings. The Morgan fingerprint density at radius 3 is 2.56 bits per heavy atom. The number of nitrogens with one attached hydrogen (secondary N) is 2. The van der Waals surface area contributed by atoms with Gasteiger partial charge in [-0.3, -0.25) is 4.79 Å². The number of rotatable bonds is 9. The molecule has 3 aromatic rings. The summed E-state index contributed by atoms with van der Waals surface area (Å²) in [6.45, 7) is 5.78. The highest BCUT2D eigenvalue weighted by Crippen LogP contribution is 2.27. The zero-order valence-electron chi connectivity index (χ0n) is 18.9. The fourth-order valence-electron chi connectivity index (χ4n) is 4.05. The lowest BCUT2D eigenvalue weighted by Gasteiger charge is -2.28. The van der Waals surface area contributed by atoms with Gasteiger partial charge in [0.15, 0.2) is 0 Å². The monoisotopic (exact) mass is 432 g/mol. The van der Waals surface area contributed by atoms with Crippen LogP contribution in [0.25, 0.3) is 10.9 Å². The minimum Gasteiger partial charge on any atom is -0.361 e. The number of aromatic nitrogens is 1. The van der Waals surface area contributed by atoms with Gasteiger partial charge in [0.25, 0.3) is 0 Å². The maximum absolute atomic E-state index is 13.4. The van der Waals surface area contributed by atoms with Crippen LogP contribution in [0.15, 0.2) is 54.7 Å². The van der Waals surface area contributed by atoms with E-state index in [0.717, 1.165) is 30.3 Å². The first-order chi connectivity index (χ1) is 15.5. The second kappa shape index (κ2) is 9.90. The van der Waals surface area contributed by atoms with Gasteiger partial charge in [-0.15, -0.1) is 0 Å². The zero-order valence-corrected chi connectivity index (χ0v) is 18.9. The van der Waals surface area contributed by atoms with E-state index in [4.69, 9.17) is 0 Å². The Balaban J connectivity index is 1.50. The molecule has 1 aromatic heterocycles. The largest absolute Gasteiger partial charge is 0.361 e. The van der Waals surface area contributed by atoms with Crippen molar-refractivity contribution in [1.82, 2.24) is 20.1 Å². The summed E-state index contributed by atoms with van der Waals surface area (Å²) in [5, 5.41) is 4.05. The van der Waals surface area contributed by atoms with Gasteiger partial charge in [0.1, 0.15) is 6.54 Å². The summed E-state index contributed by atoms with van der Waals surface area (Å²) in [6.07, 6.45) is 4.73. The second-order valence-corrected chi connectivity index (χ2v) is 8.60. The third-order valence-electron chi connectivity index (χ3n) is 6.05. The summed E-state index contributed by atoms with van der Waals surface area (Å²) in [4.78, 5) is 32.8. The molecule has 1 saturated carbocycles. The number of H-pyrrole nitrogens is 1. The van der Waals surface area contributed by atoms with E-state index in [1.807, 2.05) is 30.2 Å². The molecule has 0 bridgehead atoms. The molecule has 6 heteroatoms. The van der Waals surface area contributed by atoms with Crippen LogP contribution in [0.1, 0.15) is 36.5 Å². The molecule has 168 valence electrons. The molecule has 2 aromatic carbocycles. The van der Waals surface area contributed by atoms with Gasteiger partial charge in [-0.2, -0.15) is 0 Å². The average Bonchev–Trinajstić information content (AvgIpc) is 3.56. The van der Waals surface area contributed by atoms with Gasteiger partial charge in [0, 0.05) is 42.8 Å². The fraction of sp³-hybridized carbons (Fsp3) is 0.385. The Bertz CT molecular complexity index is 1070. The SMILES string of the molecule is CCNC(=O)N(CC(=O)N(CCc1c[nH]c2ccccc12)Cc1ccc(C)cc1)C1CC1. The number of nitrogens with zero attached hydrogens (tertiary/aromatic N) is 2. The molecule has 2 N–H and O–H groups in total. The summed E-state index contributed by atoms with van der Waals surface area (Å²) < 4.78 is 0. The van der Waals surface area contributed by atoms with E-state index in [0.29, 0.717) is 19.6 Å². The molecule has 0 unspecified atom stereocenters. The summed E-state index contributed by atoms with van der Waals surface area (Å²) in [5.74, 6) is -0.0106. The second-order valence-electron chi connectivity index (χ2n) is 8.60. The van der Waals surface area contributed by atoms with Gasteiger partial charge in [-0.25, -0.2) is 4.79 Å². The molecule has 0 radical (unpaired) electrons. The molecule has 0 saturated heterocycles. The smallest absolute Gasteiger partial charge is 0.318 e. The first-order valence-corrected chi connectivity index (χ1v) is 11.5. The van der Waals surface area contributed by atoms with E-state index in [9.17, 15) is 9.59 Å². The average molecular weight is 433 g/mol. The maximum Gasteiger partial charge on any atom is 0.318 e. The Morgan fingerprint density at radius 2 is 1.84 bits per heavy atom. The number of hydrogen-bond acceptors (Lipinski definition) is 2. The predicted molar refractivity (Wildman–Crippen MR) is 127 cm³/mol. The molecule has 3 amide bonds. The van der Waals surface area contributed by atoms with E-state index in [1.54, 1.807) is 4.90 Å². The van der Waals surface area contributed by atoms with Gasteiger partial charge >= 0.3 is 6.03 Å². The molecule has 0 aliphatic heterocycles. The summed E-state index contributed by atoms with van der Waals surface area (Å²) in [5.41, 5.74) is 4.60. The van der Waals surface area contributed by atoms with E-state index < -0.39 is 0 Å². The van der Waals surface area contributed by atoms with Gasteiger partial charge in [-0.1, -0.05) is 48.0 Å². The summed E-state index contributed by atoms with van der Waals surface area (Å²) in [7, 11) is 0. The van der Waals surface area contributed by atoms with E-state index in [1.165, 1.54) is 16.5 Å². The molecule has 1 aliphatic carbocycles. The van der Waals surface area contributed by atoms with Crippen molar-refractivity contribution in [1.29, 1.82) is 0 Å². The number of fused-ring (bicyclic) bond motifs is 1. The van der Waals surface area contributed by atoms with Gasteiger partial charge in [0.2, 0.25) is 5.91 Å². The molecular formula is C26H32N4O2. The number of amides is 3.